The van der Waals surface area contributed by atoms with Crippen LogP contribution in [0.1, 0.15) is 11.3 Å². The summed E-state index contributed by atoms with van der Waals surface area (Å²) in [5.74, 6) is 0. The first kappa shape index (κ1) is 13.8. The minimum atomic E-state index is 0.349. The molecule has 0 aliphatic rings. The molecule has 1 aromatic carbocycles. The number of rotatable bonds is 5. The van der Waals surface area contributed by atoms with Gasteiger partial charge in [0.15, 0.2) is 0 Å². The van der Waals surface area contributed by atoms with Crippen molar-refractivity contribution in [3.05, 3.63) is 58.9 Å². The Morgan fingerprint density at radius 1 is 1.32 bits per heavy atom. The zero-order valence-corrected chi connectivity index (χ0v) is 11.8. The first-order valence-electron chi connectivity index (χ1n) is 5.90. The van der Waals surface area contributed by atoms with Crippen molar-refractivity contribution in [1.82, 2.24) is 4.98 Å². The summed E-state index contributed by atoms with van der Waals surface area (Å²) in [7, 11) is 0. The fraction of sp³-hybridized carbons (Fsp3) is 0.143. The second-order valence-electron chi connectivity index (χ2n) is 4.06. The van der Waals surface area contributed by atoms with E-state index in [-0.39, 0.29) is 0 Å². The fourth-order valence-electron chi connectivity index (χ4n) is 1.68. The number of nitrogens with one attached hydrogen (secondary N) is 1. The van der Waals surface area contributed by atoms with Crippen LogP contribution in [-0.2, 0) is 6.42 Å². The van der Waals surface area contributed by atoms with Gasteiger partial charge in [-0.1, -0.05) is 29.9 Å². The first-order valence-corrected chi connectivity index (χ1v) is 6.68. The Bertz CT molecular complexity index is 572. The number of nitrogens with zero attached hydrogens (tertiary/aromatic N) is 1. The molecule has 1 aromatic heterocycles. The molecule has 19 heavy (non-hydrogen) atoms. The lowest BCUT2D eigenvalue weighted by atomic mass is 10.2. The van der Waals surface area contributed by atoms with Crippen molar-refractivity contribution in [1.29, 1.82) is 0 Å². The van der Waals surface area contributed by atoms with Crippen LogP contribution in [0.5, 0.6) is 0 Å². The van der Waals surface area contributed by atoms with Gasteiger partial charge in [-0.25, -0.2) is 0 Å². The van der Waals surface area contributed by atoms with Crippen molar-refractivity contribution in [2.45, 2.75) is 6.42 Å². The third kappa shape index (κ3) is 3.91. The van der Waals surface area contributed by atoms with E-state index >= 15 is 0 Å². The molecule has 0 radical (unpaired) electrons. The molecule has 0 aliphatic heterocycles. The van der Waals surface area contributed by atoms with E-state index in [2.05, 4.69) is 10.3 Å². The maximum absolute atomic E-state index is 6.16. The van der Waals surface area contributed by atoms with E-state index in [0.29, 0.717) is 10.0 Å². The van der Waals surface area contributed by atoms with Crippen LogP contribution in [0.25, 0.3) is 0 Å². The first-order chi connectivity index (χ1) is 9.16. The summed E-state index contributed by atoms with van der Waals surface area (Å²) in [6, 6.07) is 11.4. The van der Waals surface area contributed by atoms with Gasteiger partial charge in [0, 0.05) is 30.4 Å². The molecule has 3 nitrogen and oxygen atoms in total. The number of benzene rings is 1. The number of nitrogens with two attached hydrogens (primary N) is 1. The zero-order chi connectivity index (χ0) is 13.7. The topological polar surface area (TPSA) is 50.9 Å². The van der Waals surface area contributed by atoms with Crippen molar-refractivity contribution in [3.8, 4) is 0 Å². The summed E-state index contributed by atoms with van der Waals surface area (Å²) in [5.41, 5.74) is 8.25. The standard InChI is InChI=1S/C14H14ClN3S/c15-12-9-10(14(16)19)4-5-13(12)18-8-6-11-3-1-2-7-17-11/h1-5,7,9,18H,6,8H2,(H2,16,19). The molecule has 0 atom stereocenters. The van der Waals surface area contributed by atoms with Gasteiger partial charge in [-0.2, -0.15) is 0 Å². The van der Waals surface area contributed by atoms with Gasteiger partial charge in [0.25, 0.3) is 0 Å². The van der Waals surface area contributed by atoms with Crippen molar-refractivity contribution >= 4 is 34.5 Å². The number of aromatic nitrogens is 1. The highest BCUT2D eigenvalue weighted by Gasteiger charge is 2.03. The smallest absolute Gasteiger partial charge is 0.104 e. The summed E-state index contributed by atoms with van der Waals surface area (Å²) in [5, 5.41) is 3.89. The van der Waals surface area contributed by atoms with Crippen molar-refractivity contribution in [2.75, 3.05) is 11.9 Å². The van der Waals surface area contributed by atoms with E-state index in [0.717, 1.165) is 29.9 Å². The molecule has 98 valence electrons. The van der Waals surface area contributed by atoms with Gasteiger partial charge in [-0.3, -0.25) is 4.98 Å². The van der Waals surface area contributed by atoms with Crippen molar-refractivity contribution < 1.29 is 0 Å². The van der Waals surface area contributed by atoms with Gasteiger partial charge >= 0.3 is 0 Å². The van der Waals surface area contributed by atoms with Gasteiger partial charge in [-0.05, 0) is 30.3 Å². The summed E-state index contributed by atoms with van der Waals surface area (Å²) in [6.07, 6.45) is 2.63. The van der Waals surface area contributed by atoms with E-state index in [4.69, 9.17) is 29.6 Å². The van der Waals surface area contributed by atoms with Gasteiger partial charge in [0.05, 0.1) is 10.7 Å². The van der Waals surface area contributed by atoms with E-state index in [1.807, 2.05) is 30.3 Å². The molecular weight excluding hydrogens is 278 g/mol. The van der Waals surface area contributed by atoms with Gasteiger partial charge < -0.3 is 11.1 Å². The van der Waals surface area contributed by atoms with Crippen molar-refractivity contribution in [3.63, 3.8) is 0 Å². The Kier molecular flexibility index (Phi) is 4.71. The lowest BCUT2D eigenvalue weighted by molar-refractivity contribution is 0.961. The Morgan fingerprint density at radius 3 is 2.79 bits per heavy atom. The van der Waals surface area contributed by atoms with E-state index in [1.165, 1.54) is 0 Å². The molecule has 0 saturated heterocycles. The number of hydrogen-bond acceptors (Lipinski definition) is 3. The molecule has 0 bridgehead atoms. The largest absolute Gasteiger partial charge is 0.389 e. The van der Waals surface area contributed by atoms with Gasteiger partial charge in [0.1, 0.15) is 4.99 Å². The fourth-order valence-corrected chi connectivity index (χ4v) is 2.06. The predicted octanol–water partition coefficient (Wildman–Crippen LogP) is 3.02. The maximum atomic E-state index is 6.16. The number of thiocarbonyl (C=S) groups is 1. The molecule has 1 heterocycles. The maximum Gasteiger partial charge on any atom is 0.104 e. The minimum absolute atomic E-state index is 0.349. The minimum Gasteiger partial charge on any atom is -0.389 e. The highest BCUT2D eigenvalue weighted by molar-refractivity contribution is 7.80. The second-order valence-corrected chi connectivity index (χ2v) is 4.90. The Balaban J connectivity index is 1.95. The van der Waals surface area contributed by atoms with Crippen LogP contribution < -0.4 is 11.1 Å². The lowest BCUT2D eigenvalue weighted by Crippen LogP contribution is -2.10. The second kappa shape index (κ2) is 6.50. The summed E-state index contributed by atoms with van der Waals surface area (Å²) in [6.45, 7) is 0.767. The average Bonchev–Trinajstić information content (AvgIpc) is 2.41. The third-order valence-corrected chi connectivity index (χ3v) is 3.22. The molecule has 2 aromatic rings. The Hall–Kier alpha value is -1.65. The Morgan fingerprint density at radius 2 is 2.16 bits per heavy atom. The molecule has 0 fully saturated rings. The zero-order valence-electron chi connectivity index (χ0n) is 10.3. The lowest BCUT2D eigenvalue weighted by Gasteiger charge is -2.09. The molecule has 0 aliphatic carbocycles. The van der Waals surface area contributed by atoms with Crippen LogP contribution in [0, 0.1) is 0 Å². The highest BCUT2D eigenvalue weighted by Crippen LogP contribution is 2.22. The average molecular weight is 292 g/mol. The monoisotopic (exact) mass is 291 g/mol. The van der Waals surface area contributed by atoms with Crippen LogP contribution in [0.3, 0.4) is 0 Å². The predicted molar refractivity (Wildman–Crippen MR) is 83.8 cm³/mol. The number of hydrogen-bond donors (Lipinski definition) is 2. The van der Waals surface area contributed by atoms with Crippen LogP contribution in [0.4, 0.5) is 5.69 Å². The van der Waals surface area contributed by atoms with Gasteiger partial charge in [-0.15, -0.1) is 0 Å². The van der Waals surface area contributed by atoms with E-state index < -0.39 is 0 Å². The Labute approximate surface area is 122 Å². The van der Waals surface area contributed by atoms with Crippen molar-refractivity contribution in [2.24, 2.45) is 5.73 Å². The number of halogens is 1. The molecule has 5 heteroatoms. The quantitative estimate of drug-likeness (QED) is 0.832. The molecule has 3 N–H and O–H groups in total. The van der Waals surface area contributed by atoms with Crippen LogP contribution >= 0.6 is 23.8 Å². The summed E-state index contributed by atoms with van der Waals surface area (Å²) in [4.78, 5) is 4.61. The SMILES string of the molecule is NC(=S)c1ccc(NCCc2ccccn2)c(Cl)c1. The summed E-state index contributed by atoms with van der Waals surface area (Å²) < 4.78 is 0. The van der Waals surface area contributed by atoms with Crippen LogP contribution in [0.15, 0.2) is 42.6 Å². The van der Waals surface area contributed by atoms with E-state index in [9.17, 15) is 0 Å². The third-order valence-electron chi connectivity index (χ3n) is 2.68. The summed E-state index contributed by atoms with van der Waals surface area (Å²) >= 11 is 11.1. The normalized spacial score (nSPS) is 10.2. The molecular formula is C14H14ClN3S. The molecule has 0 spiro atoms. The molecule has 2 rings (SSSR count). The number of anilines is 1. The van der Waals surface area contributed by atoms with Crippen LogP contribution in [-0.4, -0.2) is 16.5 Å². The van der Waals surface area contributed by atoms with E-state index in [1.54, 1.807) is 12.3 Å². The van der Waals surface area contributed by atoms with Gasteiger partial charge in [0.2, 0.25) is 0 Å². The molecule has 0 unspecified atom stereocenters. The molecule has 0 saturated carbocycles. The molecule has 0 amide bonds. The van der Waals surface area contributed by atoms with Crippen LogP contribution in [0.2, 0.25) is 5.02 Å². The number of pyridine rings is 1. The highest BCUT2D eigenvalue weighted by atomic mass is 35.5.